The summed E-state index contributed by atoms with van der Waals surface area (Å²) in [4.78, 5) is 15.3. The fraction of sp³-hybridized carbons (Fsp3) is 0. The molecule has 0 aliphatic rings. The molecule has 262 valence electrons. The summed E-state index contributed by atoms with van der Waals surface area (Å²) in [7, 11) is 0. The highest BCUT2D eigenvalue weighted by atomic mass is 32.1. The number of fused-ring (bicyclic) bond motifs is 6. The molecule has 11 rings (SSSR count). The third-order valence-electron chi connectivity index (χ3n) is 10.6. The Bertz CT molecular complexity index is 3220. The molecule has 0 N–H and O–H groups in total. The summed E-state index contributed by atoms with van der Waals surface area (Å²) < 4.78 is 5.21. The number of thiophene rings is 2. The lowest BCUT2D eigenvalue weighted by Gasteiger charge is -2.11. The van der Waals surface area contributed by atoms with Gasteiger partial charge in [-0.1, -0.05) is 164 Å². The zero-order valence-electron chi connectivity index (χ0n) is 30.1. The van der Waals surface area contributed by atoms with Gasteiger partial charge in [-0.05, 0) is 57.6 Å². The van der Waals surface area contributed by atoms with Crippen LogP contribution in [0.25, 0.3) is 108 Å². The lowest BCUT2D eigenvalue weighted by molar-refractivity contribution is 1.07. The highest BCUT2D eigenvalue weighted by Crippen LogP contribution is 2.41. The van der Waals surface area contributed by atoms with Crippen LogP contribution < -0.4 is 0 Å². The van der Waals surface area contributed by atoms with E-state index in [1.807, 2.05) is 28.7 Å². The van der Waals surface area contributed by atoms with Crippen molar-refractivity contribution in [2.24, 2.45) is 0 Å². The Morgan fingerprint density at radius 1 is 0.268 bits per heavy atom. The van der Waals surface area contributed by atoms with Crippen molar-refractivity contribution in [2.45, 2.75) is 0 Å². The molecule has 3 aromatic heterocycles. The molecular formula is C51H31N3S2. The van der Waals surface area contributed by atoms with E-state index in [0.717, 1.165) is 27.8 Å². The van der Waals surface area contributed by atoms with Gasteiger partial charge in [0, 0.05) is 57.0 Å². The molecule has 56 heavy (non-hydrogen) atoms. The quantitative estimate of drug-likeness (QED) is 0.170. The maximum Gasteiger partial charge on any atom is 0.164 e. The van der Waals surface area contributed by atoms with E-state index in [2.05, 4.69) is 182 Å². The van der Waals surface area contributed by atoms with E-state index in [-0.39, 0.29) is 0 Å². The fourth-order valence-corrected chi connectivity index (χ4v) is 10.0. The Morgan fingerprint density at radius 2 is 0.696 bits per heavy atom. The van der Waals surface area contributed by atoms with Gasteiger partial charge in [0.1, 0.15) is 0 Å². The first-order chi connectivity index (χ1) is 27.7. The molecule has 3 nitrogen and oxygen atoms in total. The number of benzene rings is 8. The number of aromatic nitrogens is 3. The Labute approximate surface area is 331 Å². The van der Waals surface area contributed by atoms with Crippen molar-refractivity contribution in [3.63, 3.8) is 0 Å². The number of rotatable bonds is 6. The lowest BCUT2D eigenvalue weighted by atomic mass is 9.98. The second-order valence-corrected chi connectivity index (χ2v) is 16.2. The molecule has 0 fully saturated rings. The average Bonchev–Trinajstić information content (AvgIpc) is 3.85. The first-order valence-corrected chi connectivity index (χ1v) is 20.3. The molecule has 0 saturated carbocycles. The van der Waals surface area contributed by atoms with Gasteiger partial charge in [0.15, 0.2) is 17.5 Å². The summed E-state index contributed by atoms with van der Waals surface area (Å²) in [6.45, 7) is 0. The first kappa shape index (κ1) is 32.6. The van der Waals surface area contributed by atoms with E-state index >= 15 is 0 Å². The molecule has 0 radical (unpaired) electrons. The predicted molar refractivity (Wildman–Crippen MR) is 238 cm³/mol. The van der Waals surface area contributed by atoms with Gasteiger partial charge in [-0.2, -0.15) is 0 Å². The van der Waals surface area contributed by atoms with Gasteiger partial charge in [-0.25, -0.2) is 15.0 Å². The largest absolute Gasteiger partial charge is 0.208 e. The summed E-state index contributed by atoms with van der Waals surface area (Å²) in [5.74, 6) is 1.92. The SMILES string of the molecule is c1ccc(-c2ccc(-c3nc(-c4ccc(-c5ccc6c(c5)sc5ccccc56)cc4)nc(-c4ccc(-c5cccc6sc7ccccc7c56)cc4)n3)cc2)cc1. The average molecular weight is 750 g/mol. The lowest BCUT2D eigenvalue weighted by Crippen LogP contribution is -2.00. The zero-order valence-corrected chi connectivity index (χ0v) is 31.7. The molecule has 0 aliphatic carbocycles. The van der Waals surface area contributed by atoms with Crippen LogP contribution in [-0.2, 0) is 0 Å². The molecule has 3 heterocycles. The third-order valence-corrected chi connectivity index (χ3v) is 12.9. The standard InChI is InChI=1S/C51H31N3S2/c1-2-9-32(10-3-1)33-17-23-36(24-18-33)49-52-50(37-25-19-34(20-26-37)39-29-30-42-41-11-4-6-14-44(41)56-47(42)31-39)54-51(53-49)38-27-21-35(22-28-38)40-13-8-16-46-48(40)43-12-5-7-15-45(43)55-46/h1-31H. The van der Waals surface area contributed by atoms with Gasteiger partial charge in [0.05, 0.1) is 0 Å². The number of hydrogen-bond donors (Lipinski definition) is 0. The summed E-state index contributed by atoms with van der Waals surface area (Å²) in [6.07, 6.45) is 0. The third kappa shape index (κ3) is 5.77. The maximum atomic E-state index is 5.10. The molecule has 0 bridgehead atoms. The molecule has 0 aliphatic heterocycles. The van der Waals surface area contributed by atoms with Crippen LogP contribution in [0.5, 0.6) is 0 Å². The molecule has 0 spiro atoms. The van der Waals surface area contributed by atoms with Crippen LogP contribution >= 0.6 is 22.7 Å². The smallest absolute Gasteiger partial charge is 0.164 e. The van der Waals surface area contributed by atoms with Gasteiger partial charge in [0.25, 0.3) is 0 Å². The summed E-state index contributed by atoms with van der Waals surface area (Å²) in [5.41, 5.74) is 9.89. The van der Waals surface area contributed by atoms with E-state index in [1.165, 1.54) is 62.6 Å². The van der Waals surface area contributed by atoms with Gasteiger partial charge in [0.2, 0.25) is 0 Å². The molecule has 0 unspecified atom stereocenters. The minimum Gasteiger partial charge on any atom is -0.208 e. The van der Waals surface area contributed by atoms with Crippen molar-refractivity contribution in [1.29, 1.82) is 0 Å². The van der Waals surface area contributed by atoms with Gasteiger partial charge in [-0.15, -0.1) is 22.7 Å². The highest BCUT2D eigenvalue weighted by molar-refractivity contribution is 7.26. The Hall–Kier alpha value is -6.79. The topological polar surface area (TPSA) is 38.7 Å². The van der Waals surface area contributed by atoms with E-state index in [4.69, 9.17) is 15.0 Å². The fourth-order valence-electron chi connectivity index (χ4n) is 7.74. The Morgan fingerprint density at radius 3 is 1.34 bits per heavy atom. The van der Waals surface area contributed by atoms with E-state index in [1.54, 1.807) is 0 Å². The second-order valence-electron chi connectivity index (χ2n) is 14.0. The molecule has 8 aromatic carbocycles. The van der Waals surface area contributed by atoms with Crippen molar-refractivity contribution in [2.75, 3.05) is 0 Å². The van der Waals surface area contributed by atoms with Crippen molar-refractivity contribution in [3.05, 3.63) is 188 Å². The Kier molecular flexibility index (Phi) is 7.87. The summed E-state index contributed by atoms with van der Waals surface area (Å²) >= 11 is 3.69. The van der Waals surface area contributed by atoms with Gasteiger partial charge < -0.3 is 0 Å². The summed E-state index contributed by atoms with van der Waals surface area (Å²) in [6, 6.07) is 66.8. The number of nitrogens with zero attached hydrogens (tertiary/aromatic N) is 3. The van der Waals surface area contributed by atoms with E-state index < -0.39 is 0 Å². The minimum atomic E-state index is 0.641. The van der Waals surface area contributed by atoms with E-state index in [0.29, 0.717) is 17.5 Å². The van der Waals surface area contributed by atoms with Crippen LogP contribution in [-0.4, -0.2) is 15.0 Å². The minimum absolute atomic E-state index is 0.641. The van der Waals surface area contributed by atoms with Crippen molar-refractivity contribution in [1.82, 2.24) is 15.0 Å². The Balaban J connectivity index is 0.979. The number of hydrogen-bond acceptors (Lipinski definition) is 5. The maximum absolute atomic E-state index is 5.10. The van der Waals surface area contributed by atoms with Crippen LogP contribution in [0, 0.1) is 0 Å². The molecular weight excluding hydrogens is 719 g/mol. The van der Waals surface area contributed by atoms with Crippen LogP contribution in [0.2, 0.25) is 0 Å². The molecule has 0 amide bonds. The van der Waals surface area contributed by atoms with Crippen molar-refractivity contribution < 1.29 is 0 Å². The molecule has 5 heteroatoms. The van der Waals surface area contributed by atoms with Crippen LogP contribution in [0.4, 0.5) is 0 Å². The second kappa shape index (κ2) is 13.5. The molecule has 0 atom stereocenters. The van der Waals surface area contributed by atoms with Gasteiger partial charge >= 0.3 is 0 Å². The molecule has 0 saturated heterocycles. The van der Waals surface area contributed by atoms with Gasteiger partial charge in [-0.3, -0.25) is 0 Å². The normalized spacial score (nSPS) is 11.6. The van der Waals surface area contributed by atoms with E-state index in [9.17, 15) is 0 Å². The summed E-state index contributed by atoms with van der Waals surface area (Å²) in [5, 5.41) is 5.22. The van der Waals surface area contributed by atoms with Crippen molar-refractivity contribution >= 4 is 63.0 Å². The zero-order chi connectivity index (χ0) is 37.0. The van der Waals surface area contributed by atoms with Crippen LogP contribution in [0.15, 0.2) is 188 Å². The molecule has 11 aromatic rings. The first-order valence-electron chi connectivity index (χ1n) is 18.7. The monoisotopic (exact) mass is 749 g/mol. The predicted octanol–water partition coefficient (Wildman–Crippen LogP) is 14.6. The highest BCUT2D eigenvalue weighted by Gasteiger charge is 2.15. The van der Waals surface area contributed by atoms with Crippen LogP contribution in [0.3, 0.4) is 0 Å². The van der Waals surface area contributed by atoms with Crippen molar-refractivity contribution in [3.8, 4) is 67.5 Å². The van der Waals surface area contributed by atoms with Crippen LogP contribution in [0.1, 0.15) is 0 Å².